The van der Waals surface area contributed by atoms with Gasteiger partial charge < -0.3 is 9.80 Å². The number of likely N-dealkylation sites (tertiary alicyclic amines) is 1. The number of carbonyl (C=O) groups is 3. The predicted octanol–water partition coefficient (Wildman–Crippen LogP) is 1.59. The van der Waals surface area contributed by atoms with Crippen LogP contribution in [0.3, 0.4) is 0 Å². The zero-order chi connectivity index (χ0) is 16.1. The summed E-state index contributed by atoms with van der Waals surface area (Å²) in [5, 5.41) is 0. The Bertz CT molecular complexity index is 519. The second kappa shape index (κ2) is 5.25. The molecule has 2 atom stereocenters. The quantitative estimate of drug-likeness (QED) is 0.741. The number of fused-ring (bicyclic) bond motifs is 1. The molecule has 3 fully saturated rings. The van der Waals surface area contributed by atoms with E-state index in [9.17, 15) is 14.4 Å². The fourth-order valence-corrected chi connectivity index (χ4v) is 4.31. The van der Waals surface area contributed by atoms with Crippen molar-refractivity contribution < 1.29 is 14.4 Å². The number of carbonyl (C=O) groups excluding carboxylic acids is 3. The van der Waals surface area contributed by atoms with Crippen molar-refractivity contribution in [1.82, 2.24) is 14.7 Å². The number of rotatable bonds is 4. The van der Waals surface area contributed by atoms with Crippen LogP contribution in [-0.2, 0) is 9.59 Å². The molecular formula is C16H25N3O3. The molecule has 0 aromatic heterocycles. The van der Waals surface area contributed by atoms with Gasteiger partial charge in [-0.25, -0.2) is 9.69 Å². The van der Waals surface area contributed by atoms with E-state index in [2.05, 4.69) is 0 Å². The van der Waals surface area contributed by atoms with E-state index in [1.807, 2.05) is 20.8 Å². The number of nitrogens with zero attached hydrogens (tertiary/aromatic N) is 3. The van der Waals surface area contributed by atoms with Gasteiger partial charge in [0, 0.05) is 19.1 Å². The van der Waals surface area contributed by atoms with Crippen LogP contribution in [0.2, 0.25) is 0 Å². The maximum atomic E-state index is 13.0. The topological polar surface area (TPSA) is 60.9 Å². The van der Waals surface area contributed by atoms with Crippen LogP contribution in [0.4, 0.5) is 4.79 Å². The summed E-state index contributed by atoms with van der Waals surface area (Å²) in [5.41, 5.74) is -0.669. The van der Waals surface area contributed by atoms with Gasteiger partial charge in [0.1, 0.15) is 11.6 Å². The molecule has 0 radical (unpaired) electrons. The largest absolute Gasteiger partial charge is 0.338 e. The van der Waals surface area contributed by atoms with Crippen LogP contribution in [0.15, 0.2) is 0 Å². The van der Waals surface area contributed by atoms with Crippen molar-refractivity contribution in [2.24, 2.45) is 0 Å². The molecule has 0 aromatic carbocycles. The highest BCUT2D eigenvalue weighted by Gasteiger charge is 2.61. The third-order valence-electron chi connectivity index (χ3n) is 5.35. The van der Waals surface area contributed by atoms with E-state index in [-0.39, 0.29) is 23.9 Å². The third-order valence-corrected chi connectivity index (χ3v) is 5.35. The fraction of sp³-hybridized carbons (Fsp3) is 0.812. The number of hydrogen-bond acceptors (Lipinski definition) is 3. The van der Waals surface area contributed by atoms with E-state index in [0.29, 0.717) is 25.9 Å². The molecule has 3 saturated heterocycles. The molecule has 3 aliphatic rings. The van der Waals surface area contributed by atoms with Crippen molar-refractivity contribution in [3.05, 3.63) is 0 Å². The van der Waals surface area contributed by atoms with Crippen LogP contribution in [0.25, 0.3) is 0 Å². The summed E-state index contributed by atoms with van der Waals surface area (Å²) in [6.07, 6.45) is 3.73. The highest BCUT2D eigenvalue weighted by molar-refractivity contribution is 6.10. The first kappa shape index (κ1) is 15.3. The molecular weight excluding hydrogens is 282 g/mol. The zero-order valence-electron chi connectivity index (χ0n) is 13.7. The van der Waals surface area contributed by atoms with Gasteiger partial charge in [0.2, 0.25) is 5.91 Å². The van der Waals surface area contributed by atoms with Crippen molar-refractivity contribution >= 4 is 17.8 Å². The fourth-order valence-electron chi connectivity index (χ4n) is 4.31. The zero-order valence-corrected chi connectivity index (χ0v) is 13.7. The minimum absolute atomic E-state index is 0.0791. The van der Waals surface area contributed by atoms with Crippen molar-refractivity contribution in [2.45, 2.75) is 70.5 Å². The monoisotopic (exact) mass is 307 g/mol. The van der Waals surface area contributed by atoms with Gasteiger partial charge in [0.05, 0.1) is 0 Å². The molecule has 0 spiro atoms. The van der Waals surface area contributed by atoms with Gasteiger partial charge in [-0.2, -0.15) is 0 Å². The van der Waals surface area contributed by atoms with Crippen LogP contribution < -0.4 is 0 Å². The Balaban J connectivity index is 1.89. The highest BCUT2D eigenvalue weighted by atomic mass is 16.2. The van der Waals surface area contributed by atoms with Crippen LogP contribution in [-0.4, -0.2) is 63.3 Å². The molecule has 4 amide bonds. The van der Waals surface area contributed by atoms with Gasteiger partial charge in [-0.3, -0.25) is 9.59 Å². The van der Waals surface area contributed by atoms with E-state index in [1.165, 1.54) is 4.90 Å². The molecule has 22 heavy (non-hydrogen) atoms. The van der Waals surface area contributed by atoms with Crippen LogP contribution >= 0.6 is 0 Å². The molecule has 0 saturated carbocycles. The average Bonchev–Trinajstić information content (AvgIpc) is 3.09. The Morgan fingerprint density at radius 3 is 2.55 bits per heavy atom. The first-order valence-corrected chi connectivity index (χ1v) is 8.40. The van der Waals surface area contributed by atoms with Crippen LogP contribution in [0.1, 0.15) is 52.9 Å². The van der Waals surface area contributed by atoms with E-state index < -0.39 is 11.6 Å². The minimum atomic E-state index is -0.669. The van der Waals surface area contributed by atoms with Gasteiger partial charge in [-0.05, 0) is 39.5 Å². The Morgan fingerprint density at radius 1 is 1.23 bits per heavy atom. The second-order valence-corrected chi connectivity index (χ2v) is 6.92. The van der Waals surface area contributed by atoms with E-state index >= 15 is 0 Å². The standard InChI is InChI=1S/C16H25N3O3/c1-4-7-16-8-5-9-18(16)15(22)19(14(16)21)12-6-10-17(11(2)3)13(12)20/h11-12H,4-10H2,1-3H3/t12-,16+/m0/s1. The molecule has 3 heterocycles. The molecule has 0 bridgehead atoms. The lowest BCUT2D eigenvalue weighted by molar-refractivity contribution is -0.141. The summed E-state index contributed by atoms with van der Waals surface area (Å²) in [6.45, 7) is 7.22. The van der Waals surface area contributed by atoms with Crippen molar-refractivity contribution in [3.63, 3.8) is 0 Å². The smallest absolute Gasteiger partial charge is 0.328 e. The van der Waals surface area contributed by atoms with E-state index in [1.54, 1.807) is 9.80 Å². The highest BCUT2D eigenvalue weighted by Crippen LogP contribution is 2.42. The maximum Gasteiger partial charge on any atom is 0.328 e. The lowest BCUT2D eigenvalue weighted by Crippen LogP contribution is -2.49. The molecule has 6 nitrogen and oxygen atoms in total. The number of amides is 4. The van der Waals surface area contributed by atoms with E-state index in [0.717, 1.165) is 19.3 Å². The van der Waals surface area contributed by atoms with Gasteiger partial charge in [0.15, 0.2) is 0 Å². The first-order valence-electron chi connectivity index (χ1n) is 8.40. The SMILES string of the molecule is CCC[C@]12CCCN1C(=O)N([C@H]1CCN(C(C)C)C1=O)C2=O. The Kier molecular flexibility index (Phi) is 3.65. The number of imide groups is 1. The molecule has 6 heteroatoms. The summed E-state index contributed by atoms with van der Waals surface area (Å²) in [7, 11) is 0. The summed E-state index contributed by atoms with van der Waals surface area (Å²) < 4.78 is 0. The normalized spacial score (nSPS) is 31.9. The van der Waals surface area contributed by atoms with E-state index in [4.69, 9.17) is 0 Å². The molecule has 3 aliphatic heterocycles. The number of hydrogen-bond donors (Lipinski definition) is 0. The van der Waals surface area contributed by atoms with Gasteiger partial charge in [-0.15, -0.1) is 0 Å². The Hall–Kier alpha value is -1.59. The van der Waals surface area contributed by atoms with Crippen molar-refractivity contribution in [2.75, 3.05) is 13.1 Å². The van der Waals surface area contributed by atoms with Crippen molar-refractivity contribution in [3.8, 4) is 0 Å². The lowest BCUT2D eigenvalue weighted by atomic mass is 9.90. The Labute approximate surface area is 131 Å². The van der Waals surface area contributed by atoms with Gasteiger partial charge >= 0.3 is 6.03 Å². The summed E-state index contributed by atoms with van der Waals surface area (Å²) in [4.78, 5) is 43.1. The predicted molar refractivity (Wildman–Crippen MR) is 81.1 cm³/mol. The second-order valence-electron chi connectivity index (χ2n) is 6.92. The third kappa shape index (κ3) is 1.88. The molecule has 122 valence electrons. The molecule has 0 aromatic rings. The first-order chi connectivity index (χ1) is 10.4. The Morgan fingerprint density at radius 2 is 1.95 bits per heavy atom. The molecule has 0 unspecified atom stereocenters. The summed E-state index contributed by atoms with van der Waals surface area (Å²) in [5.74, 6) is -0.217. The van der Waals surface area contributed by atoms with Gasteiger partial charge in [-0.1, -0.05) is 13.3 Å². The summed E-state index contributed by atoms with van der Waals surface area (Å²) >= 11 is 0. The minimum Gasteiger partial charge on any atom is -0.338 e. The van der Waals surface area contributed by atoms with Crippen LogP contribution in [0, 0.1) is 0 Å². The van der Waals surface area contributed by atoms with Crippen LogP contribution in [0.5, 0.6) is 0 Å². The average molecular weight is 307 g/mol. The molecule has 0 N–H and O–H groups in total. The summed E-state index contributed by atoms with van der Waals surface area (Å²) in [6, 6.07) is -0.739. The molecule has 3 rings (SSSR count). The maximum absolute atomic E-state index is 13.0. The molecule has 0 aliphatic carbocycles. The lowest BCUT2D eigenvalue weighted by Gasteiger charge is -2.27. The van der Waals surface area contributed by atoms with Crippen molar-refractivity contribution in [1.29, 1.82) is 0 Å². The number of urea groups is 1. The van der Waals surface area contributed by atoms with Gasteiger partial charge in [0.25, 0.3) is 5.91 Å².